The van der Waals surface area contributed by atoms with Crippen molar-refractivity contribution in [2.75, 3.05) is 26.9 Å². The highest BCUT2D eigenvalue weighted by molar-refractivity contribution is 5.63. The van der Waals surface area contributed by atoms with Crippen molar-refractivity contribution in [2.45, 2.75) is 18.9 Å². The van der Waals surface area contributed by atoms with E-state index in [0.717, 1.165) is 11.3 Å². The van der Waals surface area contributed by atoms with Gasteiger partial charge in [0.15, 0.2) is 0 Å². The highest BCUT2D eigenvalue weighted by Gasteiger charge is 2.33. The average molecular weight is 289 g/mol. The molecule has 1 aromatic carbocycles. The first-order valence-corrected chi connectivity index (χ1v) is 7.14. The molecule has 0 aliphatic carbocycles. The molecule has 2 unspecified atom stereocenters. The Morgan fingerprint density at radius 1 is 1.33 bits per heavy atom. The van der Waals surface area contributed by atoms with Crippen molar-refractivity contribution in [3.63, 3.8) is 0 Å². The van der Waals surface area contributed by atoms with Crippen molar-refractivity contribution < 1.29 is 14.0 Å². The molecule has 1 aromatic heterocycles. The fraction of sp³-hybridized carbons (Fsp3) is 0.467. The second kappa shape index (κ2) is 6.24. The first-order chi connectivity index (χ1) is 10.3. The van der Waals surface area contributed by atoms with Crippen LogP contribution in [0.2, 0.25) is 0 Å². The molecule has 0 saturated carbocycles. The lowest BCUT2D eigenvalue weighted by molar-refractivity contribution is 0.185. The summed E-state index contributed by atoms with van der Waals surface area (Å²) >= 11 is 0. The van der Waals surface area contributed by atoms with Gasteiger partial charge in [0.2, 0.25) is 11.7 Å². The third kappa shape index (κ3) is 2.77. The van der Waals surface area contributed by atoms with E-state index in [4.69, 9.17) is 14.0 Å². The fourth-order valence-electron chi connectivity index (χ4n) is 2.51. The summed E-state index contributed by atoms with van der Waals surface area (Å²) in [5.41, 5.74) is 0.842. The predicted octanol–water partition coefficient (Wildman–Crippen LogP) is 1.84. The molecule has 1 fully saturated rings. The zero-order valence-electron chi connectivity index (χ0n) is 12.2. The number of aromatic nitrogens is 2. The molecule has 0 radical (unpaired) electrons. The number of ether oxygens (including phenoxy) is 2. The van der Waals surface area contributed by atoms with Crippen LogP contribution in [-0.2, 0) is 4.74 Å². The number of hydrogen-bond acceptors (Lipinski definition) is 6. The van der Waals surface area contributed by atoms with Crippen LogP contribution in [0.3, 0.4) is 0 Å². The van der Waals surface area contributed by atoms with Gasteiger partial charge in [-0.15, -0.1) is 0 Å². The van der Waals surface area contributed by atoms with Crippen LogP contribution in [0.15, 0.2) is 28.8 Å². The van der Waals surface area contributed by atoms with Gasteiger partial charge in [-0.05, 0) is 26.1 Å². The molecular formula is C15H19N3O3. The molecule has 0 bridgehead atoms. The number of nitrogens with one attached hydrogen (secondary N) is 1. The van der Waals surface area contributed by atoms with Gasteiger partial charge in [-0.2, -0.15) is 4.98 Å². The highest BCUT2D eigenvalue weighted by atomic mass is 16.5. The second-order valence-electron chi connectivity index (χ2n) is 4.92. The summed E-state index contributed by atoms with van der Waals surface area (Å²) < 4.78 is 16.5. The molecule has 2 heterocycles. The lowest BCUT2D eigenvalue weighted by atomic mass is 10.0. The Balaban J connectivity index is 1.88. The van der Waals surface area contributed by atoms with Gasteiger partial charge in [-0.1, -0.05) is 17.3 Å². The molecule has 21 heavy (non-hydrogen) atoms. The summed E-state index contributed by atoms with van der Waals surface area (Å²) in [7, 11) is 1.91. The minimum Gasteiger partial charge on any atom is -0.493 e. The summed E-state index contributed by atoms with van der Waals surface area (Å²) in [5, 5.41) is 7.31. The third-order valence-corrected chi connectivity index (χ3v) is 3.64. The maximum Gasteiger partial charge on any atom is 0.234 e. The summed E-state index contributed by atoms with van der Waals surface area (Å²) in [6, 6.07) is 7.91. The van der Waals surface area contributed by atoms with Crippen molar-refractivity contribution >= 4 is 0 Å². The molecule has 2 aromatic rings. The zero-order valence-corrected chi connectivity index (χ0v) is 12.2. The second-order valence-corrected chi connectivity index (χ2v) is 4.92. The smallest absolute Gasteiger partial charge is 0.234 e. The Morgan fingerprint density at radius 3 is 3.00 bits per heavy atom. The minimum absolute atomic E-state index is 0.0931. The van der Waals surface area contributed by atoms with Gasteiger partial charge in [-0.3, -0.25) is 0 Å². The molecule has 1 saturated heterocycles. The van der Waals surface area contributed by atoms with Gasteiger partial charge in [0.25, 0.3) is 0 Å². The van der Waals surface area contributed by atoms with Crippen LogP contribution >= 0.6 is 0 Å². The van der Waals surface area contributed by atoms with E-state index < -0.39 is 0 Å². The van der Waals surface area contributed by atoms with Gasteiger partial charge < -0.3 is 19.3 Å². The SMILES string of the molecule is CCOc1ccccc1-c1noc(C2COCC2NC)n1. The number of nitrogens with zero attached hydrogens (tertiary/aromatic N) is 2. The summed E-state index contributed by atoms with van der Waals surface area (Å²) in [6.07, 6.45) is 0. The van der Waals surface area contributed by atoms with Gasteiger partial charge in [0.1, 0.15) is 5.75 Å². The molecular weight excluding hydrogens is 270 g/mol. The Bertz CT molecular complexity index is 599. The standard InChI is InChI=1S/C15H19N3O3/c1-3-20-13-7-5-4-6-10(13)14-17-15(21-18-14)11-8-19-9-12(11)16-2/h4-7,11-12,16H,3,8-9H2,1-2H3. The number of para-hydroxylation sites is 1. The zero-order chi connectivity index (χ0) is 14.7. The van der Waals surface area contributed by atoms with E-state index >= 15 is 0 Å². The average Bonchev–Trinajstić information content (AvgIpc) is 3.16. The van der Waals surface area contributed by atoms with Crippen LogP contribution in [0.5, 0.6) is 5.75 Å². The first-order valence-electron chi connectivity index (χ1n) is 7.14. The van der Waals surface area contributed by atoms with Crippen LogP contribution in [0.4, 0.5) is 0 Å². The van der Waals surface area contributed by atoms with Crippen LogP contribution < -0.4 is 10.1 Å². The number of rotatable bonds is 5. The monoisotopic (exact) mass is 289 g/mol. The number of hydrogen-bond donors (Lipinski definition) is 1. The molecule has 1 aliphatic rings. The van der Waals surface area contributed by atoms with Gasteiger partial charge >= 0.3 is 0 Å². The van der Waals surface area contributed by atoms with Gasteiger partial charge in [-0.25, -0.2) is 0 Å². The molecule has 0 spiro atoms. The van der Waals surface area contributed by atoms with Gasteiger partial charge in [0.05, 0.1) is 31.3 Å². The summed E-state index contributed by atoms with van der Waals surface area (Å²) in [6.45, 7) is 3.81. The van der Waals surface area contributed by atoms with Crippen LogP contribution in [-0.4, -0.2) is 43.1 Å². The normalized spacial score (nSPS) is 21.6. The highest BCUT2D eigenvalue weighted by Crippen LogP contribution is 2.30. The summed E-state index contributed by atoms with van der Waals surface area (Å²) in [4.78, 5) is 4.53. The molecule has 6 nitrogen and oxygen atoms in total. The third-order valence-electron chi connectivity index (χ3n) is 3.64. The lowest BCUT2D eigenvalue weighted by Crippen LogP contribution is -2.31. The quantitative estimate of drug-likeness (QED) is 0.905. The van der Waals surface area contributed by atoms with E-state index in [1.54, 1.807) is 0 Å². The van der Waals surface area contributed by atoms with Crippen molar-refractivity contribution in [1.82, 2.24) is 15.5 Å². The van der Waals surface area contributed by atoms with E-state index in [0.29, 0.717) is 31.5 Å². The van der Waals surface area contributed by atoms with Crippen molar-refractivity contribution in [3.05, 3.63) is 30.2 Å². The number of benzene rings is 1. The summed E-state index contributed by atoms with van der Waals surface area (Å²) in [5.74, 6) is 2.01. The number of likely N-dealkylation sites (N-methyl/N-ethyl adjacent to an activating group) is 1. The molecule has 3 rings (SSSR count). The predicted molar refractivity (Wildman–Crippen MR) is 77.3 cm³/mol. The van der Waals surface area contributed by atoms with Crippen LogP contribution in [0, 0.1) is 0 Å². The minimum atomic E-state index is 0.0931. The Kier molecular flexibility index (Phi) is 4.17. The van der Waals surface area contributed by atoms with E-state index in [2.05, 4.69) is 15.5 Å². The van der Waals surface area contributed by atoms with Crippen LogP contribution in [0.1, 0.15) is 18.7 Å². The molecule has 6 heteroatoms. The van der Waals surface area contributed by atoms with Crippen molar-refractivity contribution in [1.29, 1.82) is 0 Å². The molecule has 0 amide bonds. The fourth-order valence-corrected chi connectivity index (χ4v) is 2.51. The molecule has 2 atom stereocenters. The maximum atomic E-state index is 5.61. The maximum absolute atomic E-state index is 5.61. The van der Waals surface area contributed by atoms with E-state index in [1.165, 1.54) is 0 Å². The Hall–Kier alpha value is -1.92. The van der Waals surface area contributed by atoms with Crippen LogP contribution in [0.25, 0.3) is 11.4 Å². The molecule has 112 valence electrons. The molecule has 1 N–H and O–H groups in total. The van der Waals surface area contributed by atoms with Gasteiger partial charge in [0, 0.05) is 6.04 Å². The Labute approximate surface area is 123 Å². The topological polar surface area (TPSA) is 69.4 Å². The Morgan fingerprint density at radius 2 is 2.19 bits per heavy atom. The largest absolute Gasteiger partial charge is 0.493 e. The van der Waals surface area contributed by atoms with Crippen molar-refractivity contribution in [2.24, 2.45) is 0 Å². The van der Waals surface area contributed by atoms with Crippen molar-refractivity contribution in [3.8, 4) is 17.1 Å². The van der Waals surface area contributed by atoms with E-state index in [1.807, 2.05) is 38.2 Å². The lowest BCUT2D eigenvalue weighted by Gasteiger charge is -2.11. The van der Waals surface area contributed by atoms with E-state index in [-0.39, 0.29) is 12.0 Å². The molecule has 1 aliphatic heterocycles. The first kappa shape index (κ1) is 14.0. The van der Waals surface area contributed by atoms with E-state index in [9.17, 15) is 0 Å².